The molecule has 5 amide bonds. The van der Waals surface area contributed by atoms with Crippen LogP contribution in [-0.4, -0.2) is 244 Å². The largest absolute Gasteiger partial charge is 1.00 e. The van der Waals surface area contributed by atoms with Crippen LogP contribution >= 0.6 is 0 Å². The standard InChI is InChI=1S/C34H37N3O4.C33H35N3O4.C22H19NO2.C12H20N2O3.CH3F.CH4.Li.H2O/c1-24(2)29(31(39)41-3)36-20-19-33(32(36)40)22-35(23-33)30(38)28-21-37(28)34(25-13-7-4-8-14-25,26-15-9-5-10-16-26)27-17-11-6-12-18-27;1-23(2)28(30(38)39)35-19-18-32(31(35)40)21-34(22-32)29(37)27-20-36(27)33(24-12-6-3-7-13-24,25-14-8-4-9-15-25)26-16-10-5-11-17-26;24-21(25)20-16-23(20)22(17-10-4-1-5-11-17,18-12-6-2-7-13-18)19-14-8-3-9-15-19;1-8(2)9(10(15)17-3)14-5-4-12(11(14)16)6-13-7-12;1-2;;;/h4-18,24,28-29H,19-23H2,1-3H3;3-17,23,27-28H,18-22H2,1-2H3,(H,38,39);1-15,20H,16H2,(H,24,25);8-9,13H,4-7H2,1-3H3;1H3;1H4;;1H2/q;;;;;;+1;/p-1/t28-,29+,37?;27-,28+,36?;20-,23?;9-;;;;/m1110..../s1/i;;;;1D;;;. The number of esters is 2. The van der Waals surface area contributed by atoms with E-state index in [2.05, 4.69) is 129 Å². The monoisotopic (exact) mass is 1730 g/mol. The smallest absolute Gasteiger partial charge is 0.870 e. The number of hydrogen-bond donors (Lipinski definition) is 3. The Morgan fingerprint density at radius 2 is 0.602 bits per heavy atom. The maximum atomic E-state index is 13.9. The van der Waals surface area contributed by atoms with Crippen molar-refractivity contribution in [2.45, 2.75) is 121 Å². The van der Waals surface area contributed by atoms with E-state index in [1.54, 1.807) is 14.7 Å². The number of benzene rings is 9. The van der Waals surface area contributed by atoms with E-state index >= 15 is 0 Å². The first-order valence-electron chi connectivity index (χ1n) is 44.0. The average Bonchev–Trinajstić information content (AvgIpc) is 1.53. The van der Waals surface area contributed by atoms with E-state index in [1.165, 1.54) is 19.1 Å². The maximum Gasteiger partial charge on any atom is 1.00 e. The molecule has 4 N–H and O–H groups in total. The quantitative estimate of drug-likeness (QED) is 0.0220. The van der Waals surface area contributed by atoms with Crippen molar-refractivity contribution >= 4 is 53.4 Å². The summed E-state index contributed by atoms with van der Waals surface area (Å²) in [6, 6.07) is 89.7. The molecule has 0 aliphatic carbocycles. The normalized spacial score (nSPS) is 21.1. The van der Waals surface area contributed by atoms with Gasteiger partial charge in [0.2, 0.25) is 29.5 Å². The molecule has 0 bridgehead atoms. The van der Waals surface area contributed by atoms with Crippen molar-refractivity contribution in [2.24, 2.45) is 34.0 Å². The van der Waals surface area contributed by atoms with E-state index in [9.17, 15) is 57.8 Å². The van der Waals surface area contributed by atoms with Crippen molar-refractivity contribution in [3.63, 3.8) is 0 Å². The summed E-state index contributed by atoms with van der Waals surface area (Å²) in [5.74, 6) is -2.56. The maximum absolute atomic E-state index is 13.9. The average molecular weight is 1730 g/mol. The number of ether oxygens (including phenoxy) is 2. The fourth-order valence-electron chi connectivity index (χ4n) is 20.6. The number of carbonyl (C=O) groups is 9. The van der Waals surface area contributed by atoms with E-state index in [0.717, 1.165) is 69.6 Å². The molecule has 9 heterocycles. The summed E-state index contributed by atoms with van der Waals surface area (Å²) in [7, 11) is 1.73. The molecular formula is C103H119FLiN9O14. The Hall–Kier alpha value is -11.5. The van der Waals surface area contributed by atoms with Gasteiger partial charge in [-0.05, 0) is 87.1 Å². The number of alkyl halides is 1. The third kappa shape index (κ3) is 18.0. The first-order valence-corrected chi connectivity index (χ1v) is 43.3. The molecule has 9 fully saturated rings. The number of amides is 5. The van der Waals surface area contributed by atoms with E-state index in [1.807, 2.05) is 210 Å². The molecule has 23 nitrogen and oxygen atoms in total. The molecule has 9 aromatic rings. The summed E-state index contributed by atoms with van der Waals surface area (Å²) in [5, 5.41) is 22.5. The van der Waals surface area contributed by atoms with Gasteiger partial charge in [-0.15, -0.1) is 0 Å². The fourth-order valence-corrected chi connectivity index (χ4v) is 20.6. The molecule has 0 aromatic heterocycles. The molecule has 9 atom stereocenters. The van der Waals surface area contributed by atoms with Crippen molar-refractivity contribution in [2.75, 3.05) is 99.9 Å². The van der Waals surface area contributed by atoms with Gasteiger partial charge in [-0.3, -0.25) is 47.9 Å². The Kier molecular flexibility index (Phi) is 30.6. The summed E-state index contributed by atoms with van der Waals surface area (Å²) < 4.78 is 25.3. The van der Waals surface area contributed by atoms with Crippen LogP contribution in [0.2, 0.25) is 0 Å². The number of methoxy groups -OCH3 is 2. The van der Waals surface area contributed by atoms with Gasteiger partial charge < -0.3 is 55.0 Å². The van der Waals surface area contributed by atoms with Crippen LogP contribution in [0.15, 0.2) is 273 Å². The molecule has 25 heteroatoms. The minimum atomic E-state index is -1.00. The first-order chi connectivity index (χ1) is 60.8. The van der Waals surface area contributed by atoms with Gasteiger partial charge in [-0.1, -0.05) is 322 Å². The molecule has 9 aromatic carbocycles. The molecule has 9 saturated heterocycles. The zero-order chi connectivity index (χ0) is 89.5. The Morgan fingerprint density at radius 1 is 0.391 bits per heavy atom. The van der Waals surface area contributed by atoms with Crippen LogP contribution in [0.25, 0.3) is 0 Å². The van der Waals surface area contributed by atoms with Gasteiger partial charge in [0.05, 0.1) is 55.6 Å². The molecule has 0 saturated carbocycles. The molecule has 9 aliphatic heterocycles. The van der Waals surface area contributed by atoms with Crippen LogP contribution in [0.1, 0.15) is 120 Å². The number of hydrogen-bond acceptors (Lipinski definition) is 16. The van der Waals surface area contributed by atoms with Gasteiger partial charge in [0.25, 0.3) is 0 Å². The third-order valence-corrected chi connectivity index (χ3v) is 26.9. The first kappa shape index (κ1) is 95.6. The zero-order valence-corrected chi connectivity index (χ0v) is 73.8. The number of halogens is 1. The minimum absolute atomic E-state index is 0. The van der Waals surface area contributed by atoms with Crippen molar-refractivity contribution in [3.05, 3.63) is 323 Å². The molecule has 0 radical (unpaired) electrons. The zero-order valence-electron chi connectivity index (χ0n) is 74.8. The van der Waals surface area contributed by atoms with Crippen LogP contribution in [0.3, 0.4) is 0 Å². The number of nitrogens with zero attached hydrogens (tertiary/aromatic N) is 8. The number of nitrogens with one attached hydrogen (secondary N) is 1. The van der Waals surface area contributed by atoms with E-state index in [-0.39, 0.29) is 108 Å². The van der Waals surface area contributed by atoms with Crippen LogP contribution in [-0.2, 0) is 69.2 Å². The summed E-state index contributed by atoms with van der Waals surface area (Å²) in [4.78, 5) is 130. The number of carboxylic acids is 2. The van der Waals surface area contributed by atoms with Crippen molar-refractivity contribution in [1.82, 2.24) is 44.5 Å². The second kappa shape index (κ2) is 40.9. The van der Waals surface area contributed by atoms with Gasteiger partial charge in [-0.25, -0.2) is 14.4 Å². The van der Waals surface area contributed by atoms with Gasteiger partial charge in [0.15, 0.2) is 0 Å². The predicted molar refractivity (Wildman–Crippen MR) is 482 cm³/mol. The summed E-state index contributed by atoms with van der Waals surface area (Å²) in [6.45, 7) is 17.7. The SMILES string of the molecule is C.CC(C)[C@@H](C(=O)O)N1CCC2(CN(C(=O)[C@H]3CN3C(c3ccccc3)(c3ccccc3)c3ccccc3)C2)C1=O.COC(=O)[C@H](C(C)C)N1CCC2(CN(C(=O)[C@H]3CN3C(c3ccccc3)(c3ccccc3)c3ccccc3)C2)C1=O.COC(=O)[C@H](C(C)C)N1CCC2(CNC2)C1=O.O=C(O)[C@H]1CN1C(c1ccccc1)(c1ccccc1)c1ccccc1.[2H]CF.[Li+].[OH-]. The van der Waals surface area contributed by atoms with Gasteiger partial charge in [0, 0.05) is 78.5 Å². The van der Waals surface area contributed by atoms with E-state index in [4.69, 9.17) is 10.8 Å². The molecule has 3 unspecified atom stereocenters. The van der Waals surface area contributed by atoms with Crippen molar-refractivity contribution < 1.29 is 92.9 Å². The molecule has 9 aliphatic rings. The Morgan fingerprint density at radius 3 is 0.789 bits per heavy atom. The van der Waals surface area contributed by atoms with Gasteiger partial charge in [-0.2, -0.15) is 0 Å². The third-order valence-electron chi connectivity index (χ3n) is 26.9. The minimum Gasteiger partial charge on any atom is -0.870 e. The van der Waals surface area contributed by atoms with Crippen molar-refractivity contribution in [3.8, 4) is 0 Å². The molecule has 128 heavy (non-hydrogen) atoms. The Bertz CT molecular complexity index is 5010. The summed E-state index contributed by atoms with van der Waals surface area (Å²) in [6.07, 6.45) is 2.08. The second-order valence-corrected chi connectivity index (χ2v) is 35.3. The van der Waals surface area contributed by atoms with Crippen LogP contribution in [0, 0.1) is 34.0 Å². The van der Waals surface area contributed by atoms with E-state index in [0.29, 0.717) is 78.3 Å². The number of carbonyl (C=O) groups excluding carboxylic acids is 7. The Labute approximate surface area is 764 Å². The predicted octanol–water partition coefficient (Wildman–Crippen LogP) is 9.56. The number of likely N-dealkylation sites (tertiary alicyclic amines) is 5. The molecule has 668 valence electrons. The number of rotatable bonds is 24. The van der Waals surface area contributed by atoms with Gasteiger partial charge >= 0.3 is 42.7 Å². The fraction of sp³-hybridized carbons (Fsp3) is 0.388. The van der Waals surface area contributed by atoms with Crippen LogP contribution < -0.4 is 24.2 Å². The molecule has 3 spiro atoms. The number of carboxylic acid groups (broad SMARTS) is 2. The second-order valence-electron chi connectivity index (χ2n) is 35.3. The van der Waals surface area contributed by atoms with Gasteiger partial charge in [0.1, 0.15) is 36.3 Å². The molecule has 18 rings (SSSR count). The summed E-state index contributed by atoms with van der Waals surface area (Å²) >= 11 is 0. The van der Waals surface area contributed by atoms with Crippen molar-refractivity contribution in [1.29, 1.82) is 0 Å². The summed E-state index contributed by atoms with van der Waals surface area (Å²) in [5.41, 5.74) is 6.48. The number of aliphatic carboxylic acids is 2. The molecular weight excluding hydrogens is 1610 g/mol. The topological polar surface area (TPSA) is 280 Å². The van der Waals surface area contributed by atoms with Crippen LogP contribution in [0.4, 0.5) is 4.39 Å². The van der Waals surface area contributed by atoms with Crippen LogP contribution in [0.5, 0.6) is 0 Å². The Balaban J connectivity index is 0.000000171. The van der Waals surface area contributed by atoms with E-state index < -0.39 is 70.7 Å².